The van der Waals surface area contributed by atoms with Gasteiger partial charge >= 0.3 is 0 Å². The van der Waals surface area contributed by atoms with Gasteiger partial charge in [0, 0.05) is 30.7 Å². The standard InChI is InChI=1S/C26H28ClF3N4O3/c1-25(2,37-20-7-4-15(28)9-19(20)27)24(36)32-16-10-17-5-6-18(11-16)34(17)22-8-3-14(13-31-22)23(35)33-21-12-26(21,29)30/h3-4,7-9,13,16-18,21H,5-6,10-12H2,1-2H3,(H,32,36)(H,33,35). The molecule has 2 aliphatic heterocycles. The second-order valence-corrected chi connectivity index (χ2v) is 10.9. The fourth-order valence-electron chi connectivity index (χ4n) is 5.19. The predicted octanol–water partition coefficient (Wildman–Crippen LogP) is 4.49. The summed E-state index contributed by atoms with van der Waals surface area (Å²) in [6.07, 6.45) is 4.42. The first-order valence-electron chi connectivity index (χ1n) is 12.3. The number of anilines is 1. The average Bonchev–Trinajstić information content (AvgIpc) is 3.34. The van der Waals surface area contributed by atoms with Gasteiger partial charge in [0.1, 0.15) is 17.4 Å². The molecule has 1 aliphatic carbocycles. The SMILES string of the molecule is CC(C)(Oc1ccc(F)cc1Cl)C(=O)NC1CC2CCC(C1)N2c1ccc(C(=O)NC2CC2(F)F)cn1. The highest BCUT2D eigenvalue weighted by atomic mass is 35.5. The van der Waals surface area contributed by atoms with E-state index in [0.717, 1.165) is 37.6 Å². The quantitative estimate of drug-likeness (QED) is 0.545. The number of rotatable bonds is 7. The lowest BCUT2D eigenvalue weighted by Crippen LogP contribution is -2.55. The third kappa shape index (κ3) is 5.35. The van der Waals surface area contributed by atoms with Crippen LogP contribution in [0.2, 0.25) is 5.02 Å². The predicted molar refractivity (Wildman–Crippen MR) is 132 cm³/mol. The molecule has 3 aliphatic rings. The van der Waals surface area contributed by atoms with Crippen molar-refractivity contribution in [2.45, 2.75) is 81.6 Å². The normalized spacial score (nSPS) is 25.9. The maximum absolute atomic E-state index is 13.3. The van der Waals surface area contributed by atoms with Crippen molar-refractivity contribution in [3.05, 3.63) is 52.9 Å². The van der Waals surface area contributed by atoms with E-state index in [9.17, 15) is 22.8 Å². The highest BCUT2D eigenvalue weighted by Crippen LogP contribution is 2.42. The molecular weight excluding hydrogens is 509 g/mol. The van der Waals surface area contributed by atoms with Gasteiger partial charge in [-0.1, -0.05) is 11.6 Å². The summed E-state index contributed by atoms with van der Waals surface area (Å²) in [6, 6.07) is 6.27. The molecule has 7 nitrogen and oxygen atoms in total. The summed E-state index contributed by atoms with van der Waals surface area (Å²) in [5.41, 5.74) is -0.982. The minimum Gasteiger partial charge on any atom is -0.476 e. The van der Waals surface area contributed by atoms with Gasteiger partial charge in [-0.15, -0.1) is 0 Å². The second kappa shape index (κ2) is 9.38. The topological polar surface area (TPSA) is 83.6 Å². The number of halogens is 4. The number of piperidine rings is 1. The Kier molecular flexibility index (Phi) is 6.50. The van der Waals surface area contributed by atoms with Gasteiger partial charge in [-0.25, -0.2) is 18.2 Å². The molecule has 3 heterocycles. The average molecular weight is 537 g/mol. The van der Waals surface area contributed by atoms with E-state index in [0.29, 0.717) is 0 Å². The van der Waals surface area contributed by atoms with Crippen LogP contribution in [-0.4, -0.2) is 52.5 Å². The molecule has 1 saturated carbocycles. The molecule has 0 spiro atoms. The Morgan fingerprint density at radius 3 is 2.38 bits per heavy atom. The number of alkyl halides is 2. The molecule has 11 heteroatoms. The van der Waals surface area contributed by atoms with Gasteiger partial charge in [0.05, 0.1) is 16.6 Å². The summed E-state index contributed by atoms with van der Waals surface area (Å²) in [5.74, 6) is -3.21. The summed E-state index contributed by atoms with van der Waals surface area (Å²) in [5, 5.41) is 5.52. The van der Waals surface area contributed by atoms with Crippen LogP contribution in [-0.2, 0) is 4.79 Å². The third-order valence-electron chi connectivity index (χ3n) is 7.28. The van der Waals surface area contributed by atoms with Crippen LogP contribution in [0.15, 0.2) is 36.5 Å². The molecule has 2 amide bonds. The highest BCUT2D eigenvalue weighted by Gasteiger charge is 2.58. The van der Waals surface area contributed by atoms with Crippen molar-refractivity contribution in [1.29, 1.82) is 0 Å². The number of nitrogens with zero attached hydrogens (tertiary/aromatic N) is 2. The number of hydrogen-bond acceptors (Lipinski definition) is 5. The zero-order valence-electron chi connectivity index (χ0n) is 20.4. The summed E-state index contributed by atoms with van der Waals surface area (Å²) < 4.78 is 45.3. The number of pyridine rings is 1. The van der Waals surface area contributed by atoms with E-state index in [-0.39, 0.29) is 46.8 Å². The Morgan fingerprint density at radius 1 is 1.14 bits per heavy atom. The molecule has 5 rings (SSSR count). The van der Waals surface area contributed by atoms with Gasteiger partial charge in [-0.05, 0) is 69.9 Å². The van der Waals surface area contributed by atoms with Gasteiger partial charge in [0.15, 0.2) is 5.60 Å². The third-order valence-corrected chi connectivity index (χ3v) is 7.58. The fraction of sp³-hybridized carbons (Fsp3) is 0.500. The number of benzene rings is 1. The van der Waals surface area contributed by atoms with Gasteiger partial charge in [0.25, 0.3) is 17.7 Å². The number of fused-ring (bicyclic) bond motifs is 2. The summed E-state index contributed by atoms with van der Waals surface area (Å²) >= 11 is 6.06. The van der Waals surface area contributed by atoms with E-state index in [1.807, 2.05) is 0 Å². The molecule has 0 radical (unpaired) electrons. The smallest absolute Gasteiger partial charge is 0.270 e. The Bertz CT molecular complexity index is 1200. The molecule has 2 N–H and O–H groups in total. The number of carbonyl (C=O) groups excluding carboxylic acids is 2. The van der Waals surface area contributed by atoms with Crippen molar-refractivity contribution < 1.29 is 27.5 Å². The molecule has 3 fully saturated rings. The highest BCUT2D eigenvalue weighted by molar-refractivity contribution is 6.32. The van der Waals surface area contributed by atoms with Gasteiger partial charge in [0.2, 0.25) is 0 Å². The fourth-order valence-corrected chi connectivity index (χ4v) is 5.40. The van der Waals surface area contributed by atoms with Crippen LogP contribution in [0.1, 0.15) is 56.3 Å². The summed E-state index contributed by atoms with van der Waals surface area (Å²) in [4.78, 5) is 31.9. The zero-order valence-corrected chi connectivity index (χ0v) is 21.2. The first-order valence-corrected chi connectivity index (χ1v) is 12.7. The minimum atomic E-state index is -2.82. The number of ether oxygens (including phenoxy) is 1. The molecule has 3 atom stereocenters. The van der Waals surface area contributed by atoms with Crippen molar-refractivity contribution in [1.82, 2.24) is 15.6 Å². The van der Waals surface area contributed by atoms with Crippen molar-refractivity contribution >= 4 is 29.2 Å². The van der Waals surface area contributed by atoms with Crippen LogP contribution < -0.4 is 20.3 Å². The lowest BCUT2D eigenvalue weighted by Gasteiger charge is -2.40. The van der Waals surface area contributed by atoms with Crippen LogP contribution in [0.5, 0.6) is 5.75 Å². The monoisotopic (exact) mass is 536 g/mol. The number of amides is 2. The summed E-state index contributed by atoms with van der Waals surface area (Å²) in [6.45, 7) is 3.27. The van der Waals surface area contributed by atoms with Crippen LogP contribution in [0.3, 0.4) is 0 Å². The van der Waals surface area contributed by atoms with Gasteiger partial charge < -0.3 is 20.3 Å². The Labute approximate surface area is 217 Å². The van der Waals surface area contributed by atoms with E-state index in [4.69, 9.17) is 16.3 Å². The van der Waals surface area contributed by atoms with Crippen molar-refractivity contribution in [3.63, 3.8) is 0 Å². The first-order chi connectivity index (χ1) is 17.4. The van der Waals surface area contributed by atoms with Crippen LogP contribution in [0.4, 0.5) is 19.0 Å². The molecule has 198 valence electrons. The van der Waals surface area contributed by atoms with Gasteiger partial charge in [-0.2, -0.15) is 0 Å². The largest absolute Gasteiger partial charge is 0.476 e. The first kappa shape index (κ1) is 25.6. The van der Waals surface area contributed by atoms with E-state index in [1.165, 1.54) is 18.3 Å². The summed E-state index contributed by atoms with van der Waals surface area (Å²) in [7, 11) is 0. The maximum atomic E-state index is 13.3. The lowest BCUT2D eigenvalue weighted by molar-refractivity contribution is -0.135. The van der Waals surface area contributed by atoms with E-state index >= 15 is 0 Å². The van der Waals surface area contributed by atoms with E-state index < -0.39 is 29.3 Å². The van der Waals surface area contributed by atoms with Crippen LogP contribution in [0, 0.1) is 5.82 Å². The Morgan fingerprint density at radius 2 is 1.81 bits per heavy atom. The number of aromatic nitrogens is 1. The molecule has 3 unspecified atom stereocenters. The Balaban J connectivity index is 1.18. The van der Waals surface area contributed by atoms with Crippen molar-refractivity contribution in [2.24, 2.45) is 0 Å². The van der Waals surface area contributed by atoms with E-state index in [2.05, 4.69) is 20.5 Å². The van der Waals surface area contributed by atoms with E-state index in [1.54, 1.807) is 26.0 Å². The zero-order chi connectivity index (χ0) is 26.5. The molecule has 1 aromatic carbocycles. The Hall–Kier alpha value is -3.01. The molecule has 2 aromatic rings. The van der Waals surface area contributed by atoms with Crippen molar-refractivity contribution in [2.75, 3.05) is 4.90 Å². The van der Waals surface area contributed by atoms with Gasteiger partial charge in [-0.3, -0.25) is 9.59 Å². The second-order valence-electron chi connectivity index (χ2n) is 10.5. The number of carbonyl (C=O) groups is 2. The minimum absolute atomic E-state index is 0.0573. The maximum Gasteiger partial charge on any atom is 0.270 e. The lowest BCUT2D eigenvalue weighted by atomic mass is 9.96. The number of hydrogen-bond donors (Lipinski definition) is 2. The van der Waals surface area contributed by atoms with Crippen molar-refractivity contribution in [3.8, 4) is 5.75 Å². The van der Waals surface area contributed by atoms with Crippen LogP contribution in [0.25, 0.3) is 0 Å². The van der Waals surface area contributed by atoms with Crippen LogP contribution >= 0.6 is 11.6 Å². The molecule has 37 heavy (non-hydrogen) atoms. The molecular formula is C26H28ClF3N4O3. The molecule has 2 saturated heterocycles. The molecule has 2 bridgehead atoms. The number of nitrogens with one attached hydrogen (secondary N) is 2. The molecule has 1 aromatic heterocycles.